The van der Waals surface area contributed by atoms with Crippen LogP contribution in [0.15, 0.2) is 12.1 Å². The Balaban J connectivity index is 3.45. The zero-order valence-electron chi connectivity index (χ0n) is 7.46. The van der Waals surface area contributed by atoms with Gasteiger partial charge in [0.2, 0.25) is 0 Å². The Hall–Kier alpha value is -0.930. The summed E-state index contributed by atoms with van der Waals surface area (Å²) in [5.41, 5.74) is 0.858. The van der Waals surface area contributed by atoms with Crippen LogP contribution < -0.4 is 0 Å². The largest absolute Gasteiger partial charge is 0.298 e. The number of nitriles is 1. The van der Waals surface area contributed by atoms with Crippen molar-refractivity contribution in [2.75, 3.05) is 5.88 Å². The first-order valence-corrected chi connectivity index (χ1v) is 5.53. The summed E-state index contributed by atoms with van der Waals surface area (Å²) in [6.07, 6.45) is 0.558. The van der Waals surface area contributed by atoms with Gasteiger partial charge in [-0.3, -0.25) is 9.59 Å². The molecular weight excluding hydrogens is 328 g/mol. The summed E-state index contributed by atoms with van der Waals surface area (Å²) in [7, 11) is 0. The van der Waals surface area contributed by atoms with Gasteiger partial charge in [-0.1, -0.05) is 0 Å². The number of carbonyl (C=O) groups is 2. The highest BCUT2D eigenvalue weighted by Crippen LogP contribution is 2.19. The van der Waals surface area contributed by atoms with Gasteiger partial charge in [-0.25, -0.2) is 0 Å². The summed E-state index contributed by atoms with van der Waals surface area (Å²) in [6.45, 7) is 0. The Morgan fingerprint density at radius 2 is 2.27 bits per heavy atom. The Labute approximate surface area is 105 Å². The molecule has 0 saturated carbocycles. The lowest BCUT2D eigenvalue weighted by molar-refractivity contribution is 0.101. The van der Waals surface area contributed by atoms with E-state index in [9.17, 15) is 9.59 Å². The van der Waals surface area contributed by atoms with Gasteiger partial charge in [0.25, 0.3) is 0 Å². The predicted octanol–water partition coefficient (Wildman–Crippen LogP) is 2.40. The molecule has 0 spiro atoms. The van der Waals surface area contributed by atoms with E-state index in [-0.39, 0.29) is 17.2 Å². The van der Waals surface area contributed by atoms with Crippen LogP contribution in [-0.2, 0) is 0 Å². The maximum Gasteiger partial charge on any atom is 0.179 e. The molecule has 0 bridgehead atoms. The molecule has 0 atom stereocenters. The fourth-order valence-electron chi connectivity index (χ4n) is 1.15. The topological polar surface area (TPSA) is 57.9 Å². The van der Waals surface area contributed by atoms with Gasteiger partial charge in [0.1, 0.15) is 0 Å². The molecule has 0 radical (unpaired) electrons. The lowest BCUT2D eigenvalue weighted by Crippen LogP contribution is -2.08. The molecular formula is C10H5ClINO2. The first-order chi connectivity index (χ1) is 7.13. The number of aldehydes is 1. The Kier molecular flexibility index (Phi) is 4.24. The van der Waals surface area contributed by atoms with Gasteiger partial charge >= 0.3 is 0 Å². The van der Waals surface area contributed by atoms with E-state index in [0.717, 1.165) is 0 Å². The van der Waals surface area contributed by atoms with Gasteiger partial charge in [0, 0.05) is 14.7 Å². The average molecular weight is 334 g/mol. The number of rotatable bonds is 3. The number of benzene rings is 1. The fourth-order valence-corrected chi connectivity index (χ4v) is 2.23. The summed E-state index contributed by atoms with van der Waals surface area (Å²) in [5, 5.41) is 8.69. The second-order valence-electron chi connectivity index (χ2n) is 2.71. The molecule has 0 aromatic heterocycles. The van der Waals surface area contributed by atoms with E-state index < -0.39 is 0 Å². The molecule has 0 amide bonds. The highest BCUT2D eigenvalue weighted by atomic mass is 127. The zero-order chi connectivity index (χ0) is 11.4. The summed E-state index contributed by atoms with van der Waals surface area (Å²) in [6, 6.07) is 4.85. The maximum absolute atomic E-state index is 11.4. The van der Waals surface area contributed by atoms with E-state index in [1.54, 1.807) is 6.07 Å². The van der Waals surface area contributed by atoms with Crippen LogP contribution in [0, 0.1) is 14.9 Å². The van der Waals surface area contributed by atoms with Crippen LogP contribution in [0.2, 0.25) is 0 Å². The van der Waals surface area contributed by atoms with Crippen LogP contribution in [0.1, 0.15) is 26.3 Å². The zero-order valence-corrected chi connectivity index (χ0v) is 10.4. The highest BCUT2D eigenvalue weighted by molar-refractivity contribution is 14.1. The van der Waals surface area contributed by atoms with Crippen molar-refractivity contribution in [2.24, 2.45) is 0 Å². The molecule has 0 fully saturated rings. The predicted molar refractivity (Wildman–Crippen MR) is 64.3 cm³/mol. The third kappa shape index (κ3) is 2.55. The molecule has 0 heterocycles. The van der Waals surface area contributed by atoms with Gasteiger partial charge in [0.15, 0.2) is 12.1 Å². The second-order valence-corrected chi connectivity index (χ2v) is 4.14. The standard InChI is InChI=1S/C10H5ClINO2/c11-3-9(15)10-7(5-14)1-6(4-13)2-8(10)12/h1-2,5H,3H2. The first-order valence-electron chi connectivity index (χ1n) is 3.92. The molecule has 1 aromatic carbocycles. The van der Waals surface area contributed by atoms with Crippen LogP contribution in [-0.4, -0.2) is 17.9 Å². The highest BCUT2D eigenvalue weighted by Gasteiger charge is 2.15. The lowest BCUT2D eigenvalue weighted by atomic mass is 10.0. The number of hydrogen-bond donors (Lipinski definition) is 0. The number of alkyl halides is 1. The van der Waals surface area contributed by atoms with Crippen molar-refractivity contribution in [1.82, 2.24) is 0 Å². The minimum atomic E-state index is -0.312. The van der Waals surface area contributed by atoms with E-state index >= 15 is 0 Å². The number of halogens is 2. The molecule has 5 heteroatoms. The quantitative estimate of drug-likeness (QED) is 0.369. The molecule has 0 aliphatic rings. The van der Waals surface area contributed by atoms with Crippen LogP contribution in [0.5, 0.6) is 0 Å². The van der Waals surface area contributed by atoms with Gasteiger partial charge in [-0.05, 0) is 34.7 Å². The molecule has 0 aliphatic carbocycles. The Bertz CT molecular complexity index is 465. The molecule has 0 aliphatic heterocycles. The van der Waals surface area contributed by atoms with Gasteiger partial charge < -0.3 is 0 Å². The SMILES string of the molecule is N#Cc1cc(I)c(C(=O)CCl)c(C=O)c1. The third-order valence-corrected chi connectivity index (χ3v) is 2.87. The molecule has 1 aromatic rings. The number of Topliss-reactive ketones (excluding diaryl/α,β-unsaturated/α-hetero) is 1. The van der Waals surface area contributed by atoms with E-state index in [4.69, 9.17) is 16.9 Å². The van der Waals surface area contributed by atoms with Crippen molar-refractivity contribution in [3.05, 3.63) is 32.4 Å². The summed E-state index contributed by atoms with van der Waals surface area (Å²) < 4.78 is 0.569. The van der Waals surface area contributed by atoms with E-state index in [1.165, 1.54) is 6.07 Å². The van der Waals surface area contributed by atoms with Gasteiger partial charge in [-0.15, -0.1) is 11.6 Å². The van der Waals surface area contributed by atoms with Crippen molar-refractivity contribution in [1.29, 1.82) is 5.26 Å². The lowest BCUT2D eigenvalue weighted by Gasteiger charge is -2.05. The van der Waals surface area contributed by atoms with E-state index in [0.29, 0.717) is 21.0 Å². The molecule has 15 heavy (non-hydrogen) atoms. The fraction of sp³-hybridized carbons (Fsp3) is 0.100. The van der Waals surface area contributed by atoms with Crippen LogP contribution in [0.3, 0.4) is 0 Å². The number of nitrogens with zero attached hydrogens (tertiary/aromatic N) is 1. The van der Waals surface area contributed by atoms with Crippen molar-refractivity contribution in [2.45, 2.75) is 0 Å². The smallest absolute Gasteiger partial charge is 0.179 e. The summed E-state index contributed by atoms with van der Waals surface area (Å²) in [5.74, 6) is -0.490. The van der Waals surface area contributed by atoms with E-state index in [2.05, 4.69) is 0 Å². The Morgan fingerprint density at radius 3 is 2.73 bits per heavy atom. The molecule has 0 unspecified atom stereocenters. The number of carbonyl (C=O) groups excluding carboxylic acids is 2. The second kappa shape index (κ2) is 5.24. The monoisotopic (exact) mass is 333 g/mol. The molecule has 0 N–H and O–H groups in total. The minimum absolute atomic E-state index is 0.178. The van der Waals surface area contributed by atoms with E-state index in [1.807, 2.05) is 28.7 Å². The third-order valence-electron chi connectivity index (χ3n) is 1.78. The summed E-state index contributed by atoms with van der Waals surface area (Å²) in [4.78, 5) is 22.2. The van der Waals surface area contributed by atoms with Crippen LogP contribution in [0.25, 0.3) is 0 Å². The van der Waals surface area contributed by atoms with Crippen molar-refractivity contribution in [3.8, 4) is 6.07 Å². The minimum Gasteiger partial charge on any atom is -0.298 e. The van der Waals surface area contributed by atoms with Gasteiger partial charge in [0.05, 0.1) is 17.5 Å². The number of hydrogen-bond acceptors (Lipinski definition) is 3. The van der Waals surface area contributed by atoms with Crippen LogP contribution in [0.4, 0.5) is 0 Å². The van der Waals surface area contributed by atoms with Crippen molar-refractivity contribution >= 4 is 46.3 Å². The number of ketones is 1. The van der Waals surface area contributed by atoms with Crippen LogP contribution >= 0.6 is 34.2 Å². The normalized spacial score (nSPS) is 9.40. The molecule has 3 nitrogen and oxygen atoms in total. The average Bonchev–Trinajstić information content (AvgIpc) is 2.26. The molecule has 1 rings (SSSR count). The molecule has 0 saturated heterocycles. The van der Waals surface area contributed by atoms with Crippen molar-refractivity contribution < 1.29 is 9.59 Å². The summed E-state index contributed by atoms with van der Waals surface area (Å²) >= 11 is 7.33. The first kappa shape index (κ1) is 12.1. The Morgan fingerprint density at radius 1 is 1.60 bits per heavy atom. The van der Waals surface area contributed by atoms with Crippen molar-refractivity contribution in [3.63, 3.8) is 0 Å². The molecule has 76 valence electrons. The van der Waals surface area contributed by atoms with Gasteiger partial charge in [-0.2, -0.15) is 5.26 Å². The maximum atomic E-state index is 11.4.